The molecule has 96 valence electrons. The molecule has 0 aliphatic heterocycles. The fourth-order valence-corrected chi connectivity index (χ4v) is 2.06. The first-order valence-electron chi connectivity index (χ1n) is 6.03. The molecule has 1 amide bonds. The van der Waals surface area contributed by atoms with Gasteiger partial charge in [-0.3, -0.25) is 4.79 Å². The first kappa shape index (κ1) is 15.7. The number of alkyl halides is 1. The van der Waals surface area contributed by atoms with E-state index in [1.54, 1.807) is 0 Å². The van der Waals surface area contributed by atoms with E-state index < -0.39 is 0 Å². The molecular formula is C12H25ClN2O. The van der Waals surface area contributed by atoms with E-state index in [9.17, 15) is 4.79 Å². The number of carbonyl (C=O) groups is 1. The van der Waals surface area contributed by atoms with Gasteiger partial charge in [0, 0.05) is 31.4 Å². The summed E-state index contributed by atoms with van der Waals surface area (Å²) in [7, 11) is 4.06. The number of rotatable bonds is 8. The van der Waals surface area contributed by atoms with Crippen molar-refractivity contribution < 1.29 is 4.79 Å². The zero-order chi connectivity index (χ0) is 12.6. The second-order valence-corrected chi connectivity index (χ2v) is 4.82. The SMILES string of the molecule is CCN(C(=O)CCCCCl)C(C)CN(C)C. The molecule has 0 saturated heterocycles. The highest BCUT2D eigenvalue weighted by atomic mass is 35.5. The van der Waals surface area contributed by atoms with Crippen molar-refractivity contribution in [1.82, 2.24) is 9.80 Å². The Morgan fingerprint density at radius 1 is 1.31 bits per heavy atom. The van der Waals surface area contributed by atoms with Crippen LogP contribution in [0.5, 0.6) is 0 Å². The van der Waals surface area contributed by atoms with E-state index in [1.165, 1.54) is 0 Å². The van der Waals surface area contributed by atoms with E-state index in [2.05, 4.69) is 11.8 Å². The van der Waals surface area contributed by atoms with Gasteiger partial charge in [-0.05, 0) is 40.8 Å². The van der Waals surface area contributed by atoms with Crippen molar-refractivity contribution in [1.29, 1.82) is 0 Å². The molecule has 0 aromatic rings. The lowest BCUT2D eigenvalue weighted by atomic mass is 10.2. The summed E-state index contributed by atoms with van der Waals surface area (Å²) >= 11 is 5.60. The zero-order valence-corrected chi connectivity index (χ0v) is 11.8. The second kappa shape index (κ2) is 8.82. The predicted octanol–water partition coefficient (Wildman–Crippen LogP) is 2.19. The molecule has 0 radical (unpaired) electrons. The van der Waals surface area contributed by atoms with Crippen LogP contribution in [0.15, 0.2) is 0 Å². The highest BCUT2D eigenvalue weighted by Crippen LogP contribution is 2.06. The zero-order valence-electron chi connectivity index (χ0n) is 11.0. The number of hydrogen-bond acceptors (Lipinski definition) is 2. The number of halogens is 1. The van der Waals surface area contributed by atoms with Gasteiger partial charge in [0.1, 0.15) is 0 Å². The Hall–Kier alpha value is -0.280. The van der Waals surface area contributed by atoms with Gasteiger partial charge < -0.3 is 9.80 Å². The fraction of sp³-hybridized carbons (Fsp3) is 0.917. The van der Waals surface area contributed by atoms with Crippen LogP contribution in [-0.4, -0.2) is 54.8 Å². The summed E-state index contributed by atoms with van der Waals surface area (Å²) in [6, 6.07) is 0.281. The molecule has 0 heterocycles. The number of amides is 1. The van der Waals surface area contributed by atoms with Crippen LogP contribution < -0.4 is 0 Å². The molecule has 4 heteroatoms. The smallest absolute Gasteiger partial charge is 0.222 e. The minimum Gasteiger partial charge on any atom is -0.339 e. The summed E-state index contributed by atoms with van der Waals surface area (Å²) in [5.41, 5.74) is 0. The maximum absolute atomic E-state index is 11.9. The maximum Gasteiger partial charge on any atom is 0.222 e. The summed E-state index contributed by atoms with van der Waals surface area (Å²) in [4.78, 5) is 16.0. The molecule has 0 fully saturated rings. The highest BCUT2D eigenvalue weighted by Gasteiger charge is 2.18. The Morgan fingerprint density at radius 2 is 1.94 bits per heavy atom. The lowest BCUT2D eigenvalue weighted by Gasteiger charge is -2.30. The average Bonchev–Trinajstić information content (AvgIpc) is 2.18. The molecule has 0 aromatic heterocycles. The third-order valence-corrected chi connectivity index (χ3v) is 2.86. The summed E-state index contributed by atoms with van der Waals surface area (Å²) in [5, 5.41) is 0. The molecule has 1 unspecified atom stereocenters. The number of hydrogen-bond donors (Lipinski definition) is 0. The predicted molar refractivity (Wildman–Crippen MR) is 70.0 cm³/mol. The molecule has 1 atom stereocenters. The lowest BCUT2D eigenvalue weighted by molar-refractivity contribution is -0.133. The van der Waals surface area contributed by atoms with Crippen LogP contribution >= 0.6 is 11.6 Å². The third kappa shape index (κ3) is 6.33. The number of likely N-dealkylation sites (N-methyl/N-ethyl adjacent to an activating group) is 2. The normalized spacial score (nSPS) is 12.9. The quantitative estimate of drug-likeness (QED) is 0.486. The number of carbonyl (C=O) groups excluding carboxylic acids is 1. The van der Waals surface area contributed by atoms with Gasteiger partial charge >= 0.3 is 0 Å². The number of unbranched alkanes of at least 4 members (excludes halogenated alkanes) is 1. The molecule has 0 rings (SSSR count). The fourth-order valence-electron chi connectivity index (χ4n) is 1.88. The van der Waals surface area contributed by atoms with Gasteiger partial charge in [0.2, 0.25) is 5.91 Å². The molecule has 0 aliphatic carbocycles. The molecule has 0 spiro atoms. The van der Waals surface area contributed by atoms with Crippen molar-refractivity contribution in [2.24, 2.45) is 0 Å². The van der Waals surface area contributed by atoms with E-state index >= 15 is 0 Å². The van der Waals surface area contributed by atoms with Crippen molar-refractivity contribution in [3.05, 3.63) is 0 Å². The van der Waals surface area contributed by atoms with Crippen molar-refractivity contribution in [2.75, 3.05) is 33.1 Å². The van der Waals surface area contributed by atoms with Gasteiger partial charge in [0.05, 0.1) is 0 Å². The summed E-state index contributed by atoms with van der Waals surface area (Å²) in [6.45, 7) is 5.83. The topological polar surface area (TPSA) is 23.6 Å². The second-order valence-electron chi connectivity index (χ2n) is 4.44. The Balaban J connectivity index is 4.09. The van der Waals surface area contributed by atoms with Crippen LogP contribution in [0.3, 0.4) is 0 Å². The average molecular weight is 249 g/mol. The first-order chi connectivity index (χ1) is 7.52. The summed E-state index contributed by atoms with van der Waals surface area (Å²) in [5.74, 6) is 0.897. The van der Waals surface area contributed by atoms with Crippen LogP contribution in [0.4, 0.5) is 0 Å². The Labute approximate surface area is 105 Å². The molecule has 0 aliphatic rings. The molecule has 0 saturated carbocycles. The van der Waals surface area contributed by atoms with E-state index in [4.69, 9.17) is 11.6 Å². The van der Waals surface area contributed by atoms with E-state index in [-0.39, 0.29) is 11.9 Å². The van der Waals surface area contributed by atoms with Gasteiger partial charge in [-0.25, -0.2) is 0 Å². The van der Waals surface area contributed by atoms with Gasteiger partial charge in [-0.2, -0.15) is 0 Å². The van der Waals surface area contributed by atoms with Crippen molar-refractivity contribution in [3.8, 4) is 0 Å². The lowest BCUT2D eigenvalue weighted by Crippen LogP contribution is -2.43. The van der Waals surface area contributed by atoms with E-state index in [1.807, 2.05) is 25.9 Å². The largest absolute Gasteiger partial charge is 0.339 e. The van der Waals surface area contributed by atoms with Gasteiger partial charge in [0.25, 0.3) is 0 Å². The van der Waals surface area contributed by atoms with Crippen molar-refractivity contribution >= 4 is 17.5 Å². The molecular weight excluding hydrogens is 224 g/mol. The minimum absolute atomic E-state index is 0.252. The van der Waals surface area contributed by atoms with Gasteiger partial charge in [-0.1, -0.05) is 0 Å². The standard InChI is InChI=1S/C12H25ClN2O/c1-5-15(11(2)10-14(3)4)12(16)8-6-7-9-13/h11H,5-10H2,1-4H3. The molecule has 0 N–H and O–H groups in total. The number of nitrogens with zero attached hydrogens (tertiary/aromatic N) is 2. The van der Waals surface area contributed by atoms with Crippen molar-refractivity contribution in [2.45, 2.75) is 39.2 Å². The Kier molecular flexibility index (Phi) is 8.67. The molecule has 16 heavy (non-hydrogen) atoms. The van der Waals surface area contributed by atoms with Crippen LogP contribution in [0.25, 0.3) is 0 Å². The maximum atomic E-state index is 11.9. The van der Waals surface area contributed by atoms with Crippen LogP contribution in [0.1, 0.15) is 33.1 Å². The first-order valence-corrected chi connectivity index (χ1v) is 6.56. The highest BCUT2D eigenvalue weighted by molar-refractivity contribution is 6.17. The molecule has 0 aromatic carbocycles. The van der Waals surface area contributed by atoms with Crippen LogP contribution in [-0.2, 0) is 4.79 Å². The van der Waals surface area contributed by atoms with E-state index in [0.717, 1.165) is 25.9 Å². The molecule has 3 nitrogen and oxygen atoms in total. The summed E-state index contributed by atoms with van der Waals surface area (Å²) < 4.78 is 0. The summed E-state index contributed by atoms with van der Waals surface area (Å²) in [6.07, 6.45) is 2.44. The molecule has 0 bridgehead atoms. The van der Waals surface area contributed by atoms with Crippen molar-refractivity contribution in [3.63, 3.8) is 0 Å². The van der Waals surface area contributed by atoms with Gasteiger partial charge in [-0.15, -0.1) is 11.6 Å². The monoisotopic (exact) mass is 248 g/mol. The Bertz CT molecular complexity index is 197. The van der Waals surface area contributed by atoms with Gasteiger partial charge in [0.15, 0.2) is 0 Å². The van der Waals surface area contributed by atoms with Crippen LogP contribution in [0.2, 0.25) is 0 Å². The van der Waals surface area contributed by atoms with Crippen LogP contribution in [0, 0.1) is 0 Å². The minimum atomic E-state index is 0.252. The third-order valence-electron chi connectivity index (χ3n) is 2.60. The van der Waals surface area contributed by atoms with E-state index in [0.29, 0.717) is 12.3 Å². The Morgan fingerprint density at radius 3 is 2.38 bits per heavy atom.